The van der Waals surface area contributed by atoms with Crippen molar-refractivity contribution in [3.05, 3.63) is 71.8 Å². The zero-order valence-electron chi connectivity index (χ0n) is 14.5. The molecular weight excluding hydrogens is 312 g/mol. The average molecular weight is 336 g/mol. The maximum absolute atomic E-state index is 13.1. The molecule has 0 radical (unpaired) electrons. The second-order valence-electron chi connectivity index (χ2n) is 7.61. The molecule has 2 aromatic rings. The van der Waals surface area contributed by atoms with Gasteiger partial charge in [-0.05, 0) is 11.1 Å². The summed E-state index contributed by atoms with van der Waals surface area (Å²) in [6, 6.07) is 19.8. The van der Waals surface area contributed by atoms with Crippen LogP contribution < -0.4 is 0 Å². The van der Waals surface area contributed by atoms with E-state index in [4.69, 9.17) is 0 Å². The Morgan fingerprint density at radius 1 is 0.960 bits per heavy atom. The lowest BCUT2D eigenvalue weighted by atomic mass is 9.81. The van der Waals surface area contributed by atoms with E-state index in [1.54, 1.807) is 0 Å². The Bertz CT molecular complexity index is 749. The van der Waals surface area contributed by atoms with Crippen LogP contribution in [0.15, 0.2) is 60.7 Å². The minimum atomic E-state index is -0.601. The second-order valence-corrected chi connectivity index (χ2v) is 7.61. The van der Waals surface area contributed by atoms with E-state index < -0.39 is 12.1 Å². The van der Waals surface area contributed by atoms with Gasteiger partial charge in [-0.15, -0.1) is 0 Å². The lowest BCUT2D eigenvalue weighted by Crippen LogP contribution is -2.57. The van der Waals surface area contributed by atoms with Gasteiger partial charge in [-0.1, -0.05) is 67.6 Å². The molecule has 2 aliphatic heterocycles. The summed E-state index contributed by atoms with van der Waals surface area (Å²) in [6.07, 6.45) is -0.601. The molecule has 1 N–H and O–H groups in total. The highest BCUT2D eigenvalue weighted by Gasteiger charge is 2.57. The predicted molar refractivity (Wildman–Crippen MR) is 96.6 cm³/mol. The molecule has 2 bridgehead atoms. The number of piperidine rings is 1. The van der Waals surface area contributed by atoms with Crippen LogP contribution >= 0.6 is 0 Å². The maximum Gasteiger partial charge on any atom is 0.242 e. The van der Waals surface area contributed by atoms with Crippen molar-refractivity contribution in [3.63, 3.8) is 0 Å². The number of aliphatic hydroxyl groups is 1. The first-order chi connectivity index (χ1) is 12.1. The average Bonchev–Trinajstić information content (AvgIpc) is 2.79. The van der Waals surface area contributed by atoms with Crippen molar-refractivity contribution in [3.8, 4) is 0 Å². The highest BCUT2D eigenvalue weighted by Crippen LogP contribution is 2.41. The van der Waals surface area contributed by atoms with Crippen molar-refractivity contribution in [1.29, 1.82) is 0 Å². The van der Waals surface area contributed by atoms with E-state index in [9.17, 15) is 9.90 Å². The number of aliphatic hydroxyl groups excluding tert-OH is 1. The molecule has 25 heavy (non-hydrogen) atoms. The number of benzene rings is 2. The van der Waals surface area contributed by atoms with E-state index in [1.165, 1.54) is 5.56 Å². The Kier molecular flexibility index (Phi) is 4.10. The van der Waals surface area contributed by atoms with Crippen LogP contribution in [0.5, 0.6) is 0 Å². The van der Waals surface area contributed by atoms with Crippen molar-refractivity contribution in [2.45, 2.75) is 32.2 Å². The van der Waals surface area contributed by atoms with Gasteiger partial charge in [0.2, 0.25) is 5.91 Å². The summed E-state index contributed by atoms with van der Waals surface area (Å²) >= 11 is 0. The normalized spacial score (nSPS) is 29.2. The van der Waals surface area contributed by atoms with E-state index in [-0.39, 0.29) is 11.3 Å². The topological polar surface area (TPSA) is 43.8 Å². The first-order valence-corrected chi connectivity index (χ1v) is 8.86. The zero-order valence-corrected chi connectivity index (χ0v) is 14.5. The largest absolute Gasteiger partial charge is 0.390 e. The molecule has 3 atom stereocenters. The summed E-state index contributed by atoms with van der Waals surface area (Å²) in [5.41, 5.74) is 2.03. The highest BCUT2D eigenvalue weighted by molar-refractivity contribution is 5.84. The van der Waals surface area contributed by atoms with Gasteiger partial charge in [0.05, 0.1) is 6.10 Å². The Morgan fingerprint density at radius 3 is 2.12 bits per heavy atom. The summed E-state index contributed by atoms with van der Waals surface area (Å²) in [7, 11) is 0. The minimum Gasteiger partial charge on any atom is -0.390 e. The number of carbonyl (C=O) groups excluding carboxylic acids is 1. The molecule has 0 spiro atoms. The number of rotatable bonds is 4. The minimum absolute atomic E-state index is 0.0438. The molecule has 4 rings (SSSR count). The van der Waals surface area contributed by atoms with Crippen LogP contribution in [-0.4, -0.2) is 46.0 Å². The third kappa shape index (κ3) is 2.96. The Hall–Kier alpha value is -2.17. The van der Waals surface area contributed by atoms with Crippen LogP contribution in [-0.2, 0) is 17.9 Å². The van der Waals surface area contributed by atoms with Gasteiger partial charge in [-0.25, -0.2) is 0 Å². The molecule has 4 nitrogen and oxygen atoms in total. The summed E-state index contributed by atoms with van der Waals surface area (Å²) < 4.78 is 0. The van der Waals surface area contributed by atoms with E-state index in [2.05, 4.69) is 24.0 Å². The lowest BCUT2D eigenvalue weighted by molar-refractivity contribution is -0.147. The van der Waals surface area contributed by atoms with Crippen molar-refractivity contribution in [2.24, 2.45) is 5.41 Å². The summed E-state index contributed by atoms with van der Waals surface area (Å²) in [6.45, 7) is 4.75. The van der Waals surface area contributed by atoms with Gasteiger partial charge in [0.25, 0.3) is 0 Å². The molecule has 0 aliphatic carbocycles. The van der Waals surface area contributed by atoms with E-state index in [0.29, 0.717) is 19.6 Å². The fraction of sp³-hybridized carbons (Fsp3) is 0.381. The van der Waals surface area contributed by atoms with E-state index in [0.717, 1.165) is 12.1 Å². The predicted octanol–water partition coefficient (Wildman–Crippen LogP) is 2.28. The number of amides is 1. The van der Waals surface area contributed by atoms with Gasteiger partial charge < -0.3 is 10.0 Å². The first kappa shape index (κ1) is 16.3. The molecule has 130 valence electrons. The van der Waals surface area contributed by atoms with Crippen LogP contribution in [0.4, 0.5) is 0 Å². The molecule has 4 heteroatoms. The molecule has 2 aliphatic rings. The SMILES string of the molecule is C[C@]12CN(Cc3ccccc3)C(=O)[C@H]([C@@H]1O)N(Cc1ccccc1)C2. The fourth-order valence-electron chi connectivity index (χ4n) is 4.28. The third-order valence-electron chi connectivity index (χ3n) is 5.53. The van der Waals surface area contributed by atoms with E-state index in [1.807, 2.05) is 53.4 Å². The maximum atomic E-state index is 13.1. The van der Waals surface area contributed by atoms with Crippen molar-refractivity contribution < 1.29 is 9.90 Å². The number of hydrogen-bond donors (Lipinski definition) is 1. The van der Waals surface area contributed by atoms with Crippen LogP contribution in [0, 0.1) is 5.41 Å². The molecule has 1 amide bonds. The lowest BCUT2D eigenvalue weighted by Gasteiger charge is -2.40. The molecule has 2 aromatic carbocycles. The van der Waals surface area contributed by atoms with Crippen molar-refractivity contribution in [1.82, 2.24) is 9.80 Å². The first-order valence-electron chi connectivity index (χ1n) is 8.86. The molecule has 0 saturated carbocycles. The van der Waals surface area contributed by atoms with Gasteiger partial charge in [0.1, 0.15) is 6.04 Å². The Labute approximate surface area is 148 Å². The zero-order chi connectivity index (χ0) is 17.4. The number of likely N-dealkylation sites (tertiary alicyclic amines) is 2. The van der Waals surface area contributed by atoms with Crippen LogP contribution in [0.25, 0.3) is 0 Å². The van der Waals surface area contributed by atoms with Gasteiger partial charge in [0, 0.05) is 31.6 Å². The van der Waals surface area contributed by atoms with Gasteiger partial charge in [0.15, 0.2) is 0 Å². The third-order valence-corrected chi connectivity index (χ3v) is 5.53. The van der Waals surface area contributed by atoms with E-state index >= 15 is 0 Å². The molecule has 0 aromatic heterocycles. The molecular formula is C21H24N2O2. The second kappa shape index (κ2) is 6.28. The molecule has 2 heterocycles. The van der Waals surface area contributed by atoms with Crippen LogP contribution in [0.1, 0.15) is 18.1 Å². The number of fused-ring (bicyclic) bond motifs is 2. The van der Waals surface area contributed by atoms with Crippen molar-refractivity contribution >= 4 is 5.91 Å². The van der Waals surface area contributed by atoms with Gasteiger partial charge in [-0.3, -0.25) is 9.69 Å². The summed E-state index contributed by atoms with van der Waals surface area (Å²) in [5, 5.41) is 10.8. The Morgan fingerprint density at radius 2 is 1.52 bits per heavy atom. The molecule has 0 unspecified atom stereocenters. The number of carbonyl (C=O) groups is 1. The van der Waals surface area contributed by atoms with Crippen LogP contribution in [0.2, 0.25) is 0 Å². The smallest absolute Gasteiger partial charge is 0.242 e. The van der Waals surface area contributed by atoms with Crippen LogP contribution in [0.3, 0.4) is 0 Å². The van der Waals surface area contributed by atoms with Gasteiger partial charge >= 0.3 is 0 Å². The fourth-order valence-corrected chi connectivity index (χ4v) is 4.28. The number of hydrogen-bond acceptors (Lipinski definition) is 3. The van der Waals surface area contributed by atoms with Crippen molar-refractivity contribution in [2.75, 3.05) is 13.1 Å². The standard InChI is InChI=1S/C21H24N2O2/c1-21-14-22(12-16-8-4-2-5-9-16)18(19(21)24)20(25)23(15-21)13-17-10-6-3-7-11-17/h2-11,18-19,24H,12-15H2,1H3/t18-,19-,21-/m0/s1. The monoisotopic (exact) mass is 336 g/mol. The quantitative estimate of drug-likeness (QED) is 0.932. The van der Waals surface area contributed by atoms with Gasteiger partial charge in [-0.2, -0.15) is 0 Å². The summed E-state index contributed by atoms with van der Waals surface area (Å²) in [5.74, 6) is 0.0438. The molecule has 2 fully saturated rings. The number of nitrogens with zero attached hydrogens (tertiary/aromatic N) is 2. The Balaban J connectivity index is 1.56. The molecule has 2 saturated heterocycles. The summed E-state index contributed by atoms with van der Waals surface area (Å²) in [4.78, 5) is 17.1. The highest BCUT2D eigenvalue weighted by atomic mass is 16.3.